The Morgan fingerprint density at radius 2 is 2.10 bits per heavy atom. The summed E-state index contributed by atoms with van der Waals surface area (Å²) in [6.07, 6.45) is 3.07. The van der Waals surface area contributed by atoms with Gasteiger partial charge in [0.15, 0.2) is 0 Å². The van der Waals surface area contributed by atoms with Gasteiger partial charge in [0.05, 0.1) is 18.8 Å². The molecular weight excluding hydrogens is 292 g/mol. The lowest BCUT2D eigenvalue weighted by Crippen LogP contribution is -2.55. The first-order valence-corrected chi connectivity index (χ1v) is 7.29. The number of carbonyl (C=O) groups excluding carboxylic acids is 1. The molecule has 6 heteroatoms. The summed E-state index contributed by atoms with van der Waals surface area (Å²) in [5.74, 6) is 0.643. The average molecular weight is 313 g/mol. The Morgan fingerprint density at radius 1 is 1.43 bits per heavy atom. The molecule has 0 aromatic carbocycles. The van der Waals surface area contributed by atoms with Crippen LogP contribution < -0.4 is 4.74 Å². The molecule has 116 valence electrons. The molecule has 0 aliphatic heterocycles. The van der Waals surface area contributed by atoms with Crippen LogP contribution in [-0.2, 0) is 4.74 Å². The third-order valence-corrected chi connectivity index (χ3v) is 3.76. The molecule has 2 rings (SSSR count). The van der Waals surface area contributed by atoms with Gasteiger partial charge in [-0.25, -0.2) is 9.78 Å². The first-order valence-electron chi connectivity index (χ1n) is 6.91. The molecule has 5 nitrogen and oxygen atoms in total. The summed E-state index contributed by atoms with van der Waals surface area (Å²) in [5.41, 5.74) is -0.629. The van der Waals surface area contributed by atoms with Crippen molar-refractivity contribution in [1.82, 2.24) is 9.88 Å². The minimum Gasteiger partial charge on any atom is -0.490 e. The van der Waals surface area contributed by atoms with Gasteiger partial charge in [0, 0.05) is 5.54 Å². The average Bonchev–Trinajstić information content (AvgIpc) is 3.17. The van der Waals surface area contributed by atoms with Crippen molar-refractivity contribution in [1.29, 1.82) is 0 Å². The Labute approximate surface area is 130 Å². The highest BCUT2D eigenvalue weighted by Crippen LogP contribution is 2.46. The number of halogens is 1. The maximum absolute atomic E-state index is 12.1. The van der Waals surface area contributed by atoms with Gasteiger partial charge in [0.1, 0.15) is 17.5 Å². The SMILES string of the molecule is COC(=O)N(C(C)(C)C)C1(COc2ccc(Cl)nc2)CC1. The highest BCUT2D eigenvalue weighted by atomic mass is 35.5. The Hall–Kier alpha value is -1.49. The Kier molecular flexibility index (Phi) is 4.33. The zero-order chi connectivity index (χ0) is 15.7. The summed E-state index contributed by atoms with van der Waals surface area (Å²) < 4.78 is 10.7. The molecule has 0 radical (unpaired) electrons. The van der Waals surface area contributed by atoms with E-state index in [-0.39, 0.29) is 17.2 Å². The Bertz CT molecular complexity index is 507. The molecule has 1 aliphatic rings. The number of hydrogen-bond acceptors (Lipinski definition) is 4. The number of carbonyl (C=O) groups is 1. The van der Waals surface area contributed by atoms with Gasteiger partial charge >= 0.3 is 6.09 Å². The van der Waals surface area contributed by atoms with Crippen molar-refractivity contribution in [2.75, 3.05) is 13.7 Å². The lowest BCUT2D eigenvalue weighted by molar-refractivity contribution is 0.0300. The summed E-state index contributed by atoms with van der Waals surface area (Å²) in [5, 5.41) is 0.425. The van der Waals surface area contributed by atoms with Crippen molar-refractivity contribution >= 4 is 17.7 Å². The van der Waals surface area contributed by atoms with E-state index >= 15 is 0 Å². The number of rotatable bonds is 4. The van der Waals surface area contributed by atoms with E-state index in [1.54, 1.807) is 23.2 Å². The number of methoxy groups -OCH3 is 1. The number of amides is 1. The van der Waals surface area contributed by atoms with Gasteiger partial charge < -0.3 is 9.47 Å². The van der Waals surface area contributed by atoms with Gasteiger partial charge in [-0.1, -0.05) is 11.6 Å². The van der Waals surface area contributed by atoms with E-state index in [4.69, 9.17) is 21.1 Å². The molecule has 0 spiro atoms. The minimum absolute atomic E-state index is 0.301. The molecule has 0 bridgehead atoms. The molecule has 21 heavy (non-hydrogen) atoms. The normalized spacial score (nSPS) is 16.2. The van der Waals surface area contributed by atoms with Crippen LogP contribution in [0.4, 0.5) is 4.79 Å². The molecular formula is C15H21ClN2O3. The second-order valence-corrected chi connectivity index (χ2v) is 6.69. The van der Waals surface area contributed by atoms with Gasteiger partial charge in [-0.15, -0.1) is 0 Å². The molecule has 1 aromatic rings. The van der Waals surface area contributed by atoms with E-state index in [9.17, 15) is 4.79 Å². The van der Waals surface area contributed by atoms with Crippen LogP contribution >= 0.6 is 11.6 Å². The summed E-state index contributed by atoms with van der Waals surface area (Å²) >= 11 is 5.75. The predicted molar refractivity (Wildman–Crippen MR) is 80.7 cm³/mol. The largest absolute Gasteiger partial charge is 0.490 e. The van der Waals surface area contributed by atoms with Gasteiger partial charge in [0.25, 0.3) is 0 Å². The third kappa shape index (κ3) is 3.59. The van der Waals surface area contributed by atoms with E-state index in [1.165, 1.54) is 7.11 Å². The molecule has 0 atom stereocenters. The zero-order valence-corrected chi connectivity index (χ0v) is 13.6. The van der Waals surface area contributed by atoms with Crippen molar-refractivity contribution < 1.29 is 14.3 Å². The van der Waals surface area contributed by atoms with E-state index in [0.717, 1.165) is 12.8 Å². The van der Waals surface area contributed by atoms with Crippen LogP contribution in [-0.4, -0.2) is 40.8 Å². The van der Waals surface area contributed by atoms with E-state index in [1.807, 2.05) is 20.8 Å². The van der Waals surface area contributed by atoms with E-state index < -0.39 is 0 Å². The monoisotopic (exact) mass is 312 g/mol. The summed E-state index contributed by atoms with van der Waals surface area (Å²) in [7, 11) is 1.40. The topological polar surface area (TPSA) is 51.7 Å². The lowest BCUT2D eigenvalue weighted by Gasteiger charge is -2.40. The molecule has 0 saturated heterocycles. The molecule has 0 unspecified atom stereocenters. The molecule has 1 saturated carbocycles. The van der Waals surface area contributed by atoms with Crippen molar-refractivity contribution in [2.24, 2.45) is 0 Å². The maximum atomic E-state index is 12.1. The minimum atomic E-state index is -0.328. The predicted octanol–water partition coefficient (Wildman–Crippen LogP) is 3.51. The fraction of sp³-hybridized carbons (Fsp3) is 0.600. The van der Waals surface area contributed by atoms with Gasteiger partial charge in [0.2, 0.25) is 0 Å². The lowest BCUT2D eigenvalue weighted by atomic mass is 10.0. The fourth-order valence-corrected chi connectivity index (χ4v) is 2.62. The van der Waals surface area contributed by atoms with Crippen molar-refractivity contribution in [3.05, 3.63) is 23.5 Å². The van der Waals surface area contributed by atoms with Gasteiger partial charge in [-0.2, -0.15) is 0 Å². The summed E-state index contributed by atoms with van der Waals surface area (Å²) in [4.78, 5) is 17.9. The molecule has 1 heterocycles. The molecule has 0 N–H and O–H groups in total. The van der Waals surface area contributed by atoms with Crippen LogP contribution in [0, 0.1) is 0 Å². The number of pyridine rings is 1. The van der Waals surface area contributed by atoms with Crippen molar-refractivity contribution in [3.8, 4) is 5.75 Å². The van der Waals surface area contributed by atoms with Crippen LogP contribution in [0.3, 0.4) is 0 Å². The van der Waals surface area contributed by atoms with Crippen LogP contribution in [0.25, 0.3) is 0 Å². The third-order valence-electron chi connectivity index (χ3n) is 3.54. The zero-order valence-electron chi connectivity index (χ0n) is 12.9. The van der Waals surface area contributed by atoms with Crippen LogP contribution in [0.5, 0.6) is 5.75 Å². The number of hydrogen-bond donors (Lipinski definition) is 0. The van der Waals surface area contributed by atoms with Crippen molar-refractivity contribution in [2.45, 2.75) is 44.7 Å². The number of nitrogens with zero attached hydrogens (tertiary/aromatic N) is 2. The summed E-state index contributed by atoms with van der Waals surface area (Å²) in [6, 6.07) is 3.45. The van der Waals surface area contributed by atoms with Gasteiger partial charge in [-0.3, -0.25) is 4.90 Å². The van der Waals surface area contributed by atoms with Crippen LogP contribution in [0.1, 0.15) is 33.6 Å². The van der Waals surface area contributed by atoms with Crippen LogP contribution in [0.2, 0.25) is 5.15 Å². The quantitative estimate of drug-likeness (QED) is 0.798. The summed E-state index contributed by atoms with van der Waals surface area (Å²) in [6.45, 7) is 6.40. The van der Waals surface area contributed by atoms with Crippen molar-refractivity contribution in [3.63, 3.8) is 0 Å². The Balaban J connectivity index is 2.09. The molecule has 1 aromatic heterocycles. The van der Waals surface area contributed by atoms with Crippen LogP contribution in [0.15, 0.2) is 18.3 Å². The molecule has 1 amide bonds. The van der Waals surface area contributed by atoms with E-state index in [2.05, 4.69) is 4.98 Å². The first-order chi connectivity index (χ1) is 9.78. The smallest absolute Gasteiger partial charge is 0.410 e. The highest BCUT2D eigenvalue weighted by Gasteiger charge is 2.55. The standard InChI is InChI=1S/C15H21ClN2O3/c1-14(2,3)18(13(19)20-4)15(7-8-15)10-21-11-5-6-12(16)17-9-11/h5-6,9H,7-8,10H2,1-4H3. The second-order valence-electron chi connectivity index (χ2n) is 6.31. The second kappa shape index (κ2) is 5.72. The molecule has 1 fully saturated rings. The highest BCUT2D eigenvalue weighted by molar-refractivity contribution is 6.29. The number of ether oxygens (including phenoxy) is 2. The Morgan fingerprint density at radius 3 is 2.52 bits per heavy atom. The van der Waals surface area contributed by atoms with Gasteiger partial charge in [-0.05, 0) is 45.7 Å². The molecule has 1 aliphatic carbocycles. The fourth-order valence-electron chi connectivity index (χ4n) is 2.51. The maximum Gasteiger partial charge on any atom is 0.410 e. The first kappa shape index (κ1) is 15.9. The number of aromatic nitrogens is 1. The van der Waals surface area contributed by atoms with E-state index in [0.29, 0.717) is 17.5 Å².